The Kier molecular flexibility index (Phi) is 8.40. The molecule has 3 heterocycles. The molecule has 13 heteroatoms. The van der Waals surface area contributed by atoms with E-state index in [1.807, 2.05) is 54.6 Å². The molecule has 4 amide bonds. The molecule has 7 aromatic rings. The van der Waals surface area contributed by atoms with E-state index in [9.17, 15) is 28.8 Å². The molecular weight excluding hydrogens is 817 g/mol. The molecule has 0 N–H and O–H groups in total. The number of rotatable bonds is 6. The lowest BCUT2D eigenvalue weighted by atomic mass is 9.97. The Balaban J connectivity index is 1.12. The van der Waals surface area contributed by atoms with Gasteiger partial charge in [-0.15, -0.1) is 0 Å². The zero-order chi connectivity index (χ0) is 40.1. The maximum absolute atomic E-state index is 14.5. The average Bonchev–Trinajstić information content (AvgIpc) is 3.75. The second-order valence-electron chi connectivity index (χ2n) is 13.9. The van der Waals surface area contributed by atoms with Crippen LogP contribution >= 0.6 is 46.6 Å². The minimum absolute atomic E-state index is 0.00386. The molecule has 0 fully saturated rings. The van der Waals surface area contributed by atoms with Gasteiger partial charge >= 0.3 is 0 Å². The van der Waals surface area contributed by atoms with Crippen LogP contribution in [-0.4, -0.2) is 45.1 Å². The molecule has 10 rings (SSSR count). The van der Waals surface area contributed by atoms with Crippen LogP contribution in [0.15, 0.2) is 125 Å². The lowest BCUT2D eigenvalue weighted by Crippen LogP contribution is -2.31. The van der Waals surface area contributed by atoms with E-state index in [1.54, 1.807) is 48.5 Å². The number of aromatic nitrogens is 1. The van der Waals surface area contributed by atoms with Crippen molar-refractivity contribution in [1.82, 2.24) is 9.88 Å². The Morgan fingerprint density at radius 3 is 1.76 bits per heavy atom. The third-order valence-corrected chi connectivity index (χ3v) is 13.3. The monoisotopic (exact) mass is 837 g/mol. The van der Waals surface area contributed by atoms with Crippen LogP contribution in [0.4, 0.5) is 5.69 Å². The molecule has 1 aromatic heterocycles. The highest BCUT2D eigenvalue weighted by atomic mass is 35.5. The van der Waals surface area contributed by atoms with Gasteiger partial charge in [0, 0.05) is 21.4 Å². The van der Waals surface area contributed by atoms with Gasteiger partial charge in [0.1, 0.15) is 5.92 Å². The van der Waals surface area contributed by atoms with Gasteiger partial charge in [0.2, 0.25) is 0 Å². The number of hydrogen-bond donors (Lipinski definition) is 0. The first kappa shape index (κ1) is 36.2. The number of fused-ring (bicyclic) bond motifs is 5. The summed E-state index contributed by atoms with van der Waals surface area (Å²) < 4.78 is 0. The normalized spacial score (nSPS) is 15.0. The first-order valence-corrected chi connectivity index (χ1v) is 19.8. The van der Waals surface area contributed by atoms with E-state index in [0.29, 0.717) is 10.9 Å². The van der Waals surface area contributed by atoms with E-state index in [4.69, 9.17) is 39.8 Å². The summed E-state index contributed by atoms with van der Waals surface area (Å²) in [4.78, 5) is 91.7. The maximum atomic E-state index is 14.5. The van der Waals surface area contributed by atoms with Gasteiger partial charge in [0.25, 0.3) is 23.6 Å². The summed E-state index contributed by atoms with van der Waals surface area (Å²) in [6.07, 6.45) is 0. The second kappa shape index (κ2) is 13.5. The van der Waals surface area contributed by atoms with Gasteiger partial charge in [0.15, 0.2) is 11.6 Å². The first-order valence-electron chi connectivity index (χ1n) is 17.8. The molecule has 0 saturated carbocycles. The van der Waals surface area contributed by atoms with Crippen molar-refractivity contribution in [3.8, 4) is 0 Å². The molecule has 0 unspecified atom stereocenters. The van der Waals surface area contributed by atoms with Crippen molar-refractivity contribution < 1.29 is 28.8 Å². The van der Waals surface area contributed by atoms with Crippen LogP contribution in [0.5, 0.6) is 0 Å². The summed E-state index contributed by atoms with van der Waals surface area (Å²) in [5, 5.41) is 1.71. The fourth-order valence-corrected chi connectivity index (χ4v) is 9.90. The molecule has 58 heavy (non-hydrogen) atoms. The molecule has 9 nitrogen and oxygen atoms in total. The number of carbonyl (C=O) groups excluding carboxylic acids is 6. The van der Waals surface area contributed by atoms with Gasteiger partial charge in [-0.25, -0.2) is 9.88 Å². The van der Waals surface area contributed by atoms with E-state index in [-0.39, 0.29) is 76.8 Å². The molecule has 1 aliphatic carbocycles. The minimum Gasteiger partial charge on any atom is -0.293 e. The topological polar surface area (TPSA) is 122 Å². The van der Waals surface area contributed by atoms with Crippen LogP contribution in [0, 0.1) is 0 Å². The van der Waals surface area contributed by atoms with Crippen LogP contribution in [0.2, 0.25) is 15.1 Å². The molecule has 0 radical (unpaired) electrons. The molecule has 6 aromatic carbocycles. The second-order valence-corrected chi connectivity index (χ2v) is 16.1. The maximum Gasteiger partial charge on any atom is 0.267 e. The lowest BCUT2D eigenvalue weighted by Gasteiger charge is -2.21. The molecule has 0 saturated heterocycles. The molecule has 0 bridgehead atoms. The third kappa shape index (κ3) is 5.29. The van der Waals surface area contributed by atoms with E-state index in [1.165, 1.54) is 23.9 Å². The number of halogens is 3. The third-order valence-electron chi connectivity index (χ3n) is 10.7. The molecule has 2 aliphatic heterocycles. The van der Waals surface area contributed by atoms with E-state index in [2.05, 4.69) is 0 Å². The number of anilines is 1. The van der Waals surface area contributed by atoms with Crippen molar-refractivity contribution in [3.05, 3.63) is 175 Å². The average molecular weight is 839 g/mol. The highest BCUT2D eigenvalue weighted by molar-refractivity contribution is 7.99. The summed E-state index contributed by atoms with van der Waals surface area (Å²) in [6, 6.07) is 32.7. The van der Waals surface area contributed by atoms with Crippen molar-refractivity contribution in [3.63, 3.8) is 0 Å². The van der Waals surface area contributed by atoms with Crippen LogP contribution in [-0.2, 0) is 6.54 Å². The van der Waals surface area contributed by atoms with Crippen molar-refractivity contribution >= 4 is 109 Å². The van der Waals surface area contributed by atoms with Crippen molar-refractivity contribution in [2.75, 3.05) is 4.90 Å². The number of amides is 4. The fraction of sp³-hybridized carbons (Fsp3) is 0.0444. The molecule has 0 spiro atoms. The number of ketones is 2. The van der Waals surface area contributed by atoms with Crippen LogP contribution in [0.25, 0.3) is 21.7 Å². The van der Waals surface area contributed by atoms with Gasteiger partial charge in [-0.1, -0.05) is 113 Å². The Labute approximate surface area is 348 Å². The number of nitrogens with zero attached hydrogens (tertiary/aromatic N) is 3. The minimum atomic E-state index is -1.31. The number of benzene rings is 6. The van der Waals surface area contributed by atoms with E-state index < -0.39 is 41.1 Å². The summed E-state index contributed by atoms with van der Waals surface area (Å²) in [5.74, 6) is -4.80. The number of hydrogen-bond acceptors (Lipinski definition) is 8. The molecule has 3 aliphatic rings. The zero-order valence-electron chi connectivity index (χ0n) is 29.6. The number of imide groups is 2. The van der Waals surface area contributed by atoms with Crippen LogP contribution < -0.4 is 4.90 Å². The highest BCUT2D eigenvalue weighted by Gasteiger charge is 2.45. The van der Waals surface area contributed by atoms with Crippen LogP contribution in [0.3, 0.4) is 0 Å². The highest BCUT2D eigenvalue weighted by Crippen LogP contribution is 2.50. The molecule has 280 valence electrons. The summed E-state index contributed by atoms with van der Waals surface area (Å²) in [7, 11) is 0. The Hall–Kier alpha value is -6.17. The summed E-state index contributed by atoms with van der Waals surface area (Å²) in [5.41, 5.74) is 1.30. The van der Waals surface area contributed by atoms with Crippen LogP contribution in [0.1, 0.15) is 79.3 Å². The van der Waals surface area contributed by atoms with Crippen molar-refractivity contribution in [1.29, 1.82) is 0 Å². The predicted octanol–water partition coefficient (Wildman–Crippen LogP) is 10.3. The van der Waals surface area contributed by atoms with E-state index in [0.717, 1.165) is 25.5 Å². The molecular formula is C45H22Cl3N3O6S. The number of Topliss-reactive ketones (excluding diaryl/α,β-unsaturated/α-hetero) is 2. The summed E-state index contributed by atoms with van der Waals surface area (Å²) >= 11 is 21.6. The fourth-order valence-electron chi connectivity index (χ4n) is 7.93. The smallest absolute Gasteiger partial charge is 0.267 e. The van der Waals surface area contributed by atoms with Crippen molar-refractivity contribution in [2.45, 2.75) is 22.3 Å². The molecule has 0 atom stereocenters. The first-order chi connectivity index (χ1) is 28.0. The van der Waals surface area contributed by atoms with Gasteiger partial charge in [-0.05, 0) is 64.9 Å². The summed E-state index contributed by atoms with van der Waals surface area (Å²) in [6.45, 7) is -0.182. The van der Waals surface area contributed by atoms with Gasteiger partial charge < -0.3 is 0 Å². The number of carbonyl (C=O) groups is 6. The van der Waals surface area contributed by atoms with Gasteiger partial charge in [0.05, 0.1) is 65.7 Å². The Morgan fingerprint density at radius 1 is 0.569 bits per heavy atom. The van der Waals surface area contributed by atoms with E-state index >= 15 is 0 Å². The zero-order valence-corrected chi connectivity index (χ0v) is 32.7. The Bertz CT molecular complexity index is 3010. The Morgan fingerprint density at radius 2 is 1.14 bits per heavy atom. The standard InChI is InChI=1S/C45H22Cl3N3O6S/c46-35-33-34(36(47)41(37(35)48)58-24-10-2-1-3-11-24)45(57)51(44(33)56)31-17-14-23(20-50-42(54)26-12-6-7-13-27(26)43(50)55)25-15-16-30(49-38(25)31)32-39(52)28-18-21-8-4-5-9-22(21)19-29(28)40(32)53/h1-19,32H,20H2. The predicted molar refractivity (Wildman–Crippen MR) is 221 cm³/mol. The quantitative estimate of drug-likeness (QED) is 0.0922. The van der Waals surface area contributed by atoms with Gasteiger partial charge in [-0.3, -0.25) is 33.7 Å². The lowest BCUT2D eigenvalue weighted by molar-refractivity contribution is 0.0641. The van der Waals surface area contributed by atoms with Gasteiger partial charge in [-0.2, -0.15) is 0 Å². The SMILES string of the molecule is O=C1c2cc3ccccc3cc2C(=O)C1c1ccc2c(CN3C(=O)c4ccccc4C3=O)ccc(N3C(=O)c4c(Cl)c(Cl)c(Sc5ccccc5)c(Cl)c4C3=O)c2n1. The number of pyridine rings is 1. The largest absolute Gasteiger partial charge is 0.293 e. The van der Waals surface area contributed by atoms with Crippen molar-refractivity contribution in [2.24, 2.45) is 0 Å².